The molecule has 0 saturated heterocycles. The first kappa shape index (κ1) is 90.0. The fourth-order valence-corrected chi connectivity index (χ4v) is 10.6. The van der Waals surface area contributed by atoms with E-state index in [0.717, 1.165) is 0 Å². The van der Waals surface area contributed by atoms with Gasteiger partial charge in [-0.15, -0.1) is 0 Å². The van der Waals surface area contributed by atoms with Crippen LogP contribution in [0.25, 0.3) is 0 Å². The van der Waals surface area contributed by atoms with E-state index < -0.39 is 78.0 Å². The Bertz CT molecular complexity index is 472. The quantitative estimate of drug-likeness (QED) is 0.0629. The fraction of sp³-hybridized carbons (Fsp3) is 1.00. The minimum atomic E-state index is -2.00. The standard InChI is InChI=1S/4C4H9.4C2H6OS.8O.4S.4Sn.4Ti/c4*1-3-4-2;4*3-1-2-4;;;;;;;;;;;;;;;;;;;;/h4*1,3-4H2,2H3;4*3-4H,1-2H2;;;;;;;;;;;;;;;;;;;;/q;;;;;;;;;;;;4*-1;;;;;;;;;;;;. The number of hydrogen-bond donors (Lipinski definition) is 8. The summed E-state index contributed by atoms with van der Waals surface area (Å²) in [6.45, 7) is 9.59. The van der Waals surface area contributed by atoms with Gasteiger partial charge in [0.15, 0.2) is 0 Å². The molecule has 0 aromatic heterocycles. The molecule has 0 heterocycles. The zero-order valence-electron chi connectivity index (χ0n) is 30.6. The van der Waals surface area contributed by atoms with Crippen LogP contribution in [-0.2, 0) is 91.3 Å². The van der Waals surface area contributed by atoms with Gasteiger partial charge in [-0.3, -0.25) is 0 Å². The summed E-state index contributed by atoms with van der Waals surface area (Å²) < 4.78 is 73.6. The molecule has 0 amide bonds. The van der Waals surface area contributed by atoms with Crippen LogP contribution in [0.15, 0.2) is 0 Å². The Labute approximate surface area is 429 Å². The monoisotopic (exact) mass is 1470 g/mol. The molecule has 0 aliphatic carbocycles. The van der Waals surface area contributed by atoms with Crippen molar-refractivity contribution in [2.24, 2.45) is 0 Å². The second-order valence-corrected chi connectivity index (χ2v) is 26.7. The van der Waals surface area contributed by atoms with Crippen LogP contribution in [0.5, 0.6) is 0 Å². The molecule has 4 N–H and O–H groups in total. The van der Waals surface area contributed by atoms with Crippen molar-refractivity contribution in [2.75, 3.05) is 49.4 Å². The average molecular weight is 1460 g/mol. The Hall–Kier alpha value is 7.21. The number of aliphatic hydroxyl groups excluding tert-OH is 4. The second kappa shape index (κ2) is 154. The van der Waals surface area contributed by atoms with Crippen molar-refractivity contribution in [1.82, 2.24) is 0 Å². The molecule has 0 aliphatic rings. The third-order valence-corrected chi connectivity index (χ3v) is 15.6. The van der Waals surface area contributed by atoms with Crippen molar-refractivity contribution >= 4 is 164 Å². The van der Waals surface area contributed by atoms with E-state index in [4.69, 9.17) is 85.6 Å². The Morgan fingerprint density at radius 1 is 0.423 bits per heavy atom. The summed E-state index contributed by atoms with van der Waals surface area (Å²) in [5.41, 5.74) is 0. The zero-order chi connectivity index (χ0) is 43.8. The number of aliphatic hydroxyl groups is 4. The van der Waals surface area contributed by atoms with Crippen molar-refractivity contribution in [1.29, 1.82) is 0 Å². The summed E-state index contributed by atoms with van der Waals surface area (Å²) in [6.07, 6.45) is 10.9. The van der Waals surface area contributed by atoms with Crippen LogP contribution < -0.4 is 14.8 Å². The molecular formula is C24H60O12S8Sn4Ti4-4. The van der Waals surface area contributed by atoms with Gasteiger partial charge in [0.1, 0.15) is 0 Å². The van der Waals surface area contributed by atoms with Gasteiger partial charge in [-0.1, -0.05) is 0 Å². The van der Waals surface area contributed by atoms with E-state index in [1.165, 1.54) is 69.1 Å². The van der Waals surface area contributed by atoms with Gasteiger partial charge in [0.25, 0.3) is 0 Å². The first-order valence-electron chi connectivity index (χ1n) is 15.2. The van der Waals surface area contributed by atoms with Crippen LogP contribution in [0.1, 0.15) is 79.1 Å². The van der Waals surface area contributed by atoms with Gasteiger partial charge in [0.05, 0.1) is 26.4 Å². The molecule has 0 unspecified atom stereocenters. The van der Waals surface area contributed by atoms with E-state index in [0.29, 0.717) is 23.0 Å². The summed E-state index contributed by atoms with van der Waals surface area (Å²) in [5.74, 6) is 2.28. The van der Waals surface area contributed by atoms with Gasteiger partial charge in [0.2, 0.25) is 0 Å². The average Bonchev–Trinajstić information content (AvgIpc) is 3.17. The van der Waals surface area contributed by atoms with Gasteiger partial charge >= 0.3 is 317 Å². The maximum absolute atomic E-state index is 8.50. The molecule has 0 atom stereocenters. The van der Waals surface area contributed by atoms with Crippen LogP contribution in [0.3, 0.4) is 0 Å². The van der Waals surface area contributed by atoms with Crippen molar-refractivity contribution in [3.05, 3.63) is 0 Å². The third-order valence-electron chi connectivity index (χ3n) is 2.93. The Morgan fingerprint density at radius 2 is 0.519 bits per heavy atom. The van der Waals surface area contributed by atoms with Crippen molar-refractivity contribution in [2.45, 2.75) is 96.8 Å². The van der Waals surface area contributed by atoms with E-state index in [1.54, 1.807) is 0 Å². The van der Waals surface area contributed by atoms with Crippen LogP contribution in [0.2, 0.25) is 17.7 Å². The van der Waals surface area contributed by atoms with E-state index >= 15 is 0 Å². The molecule has 0 spiro atoms. The van der Waals surface area contributed by atoms with Crippen LogP contribution >= 0.6 is 87.7 Å². The Morgan fingerprint density at radius 3 is 0.538 bits per heavy atom. The molecule has 0 aliphatic heterocycles. The van der Waals surface area contributed by atoms with Gasteiger partial charge in [-0.2, -0.15) is 50.5 Å². The van der Waals surface area contributed by atoms with Gasteiger partial charge in [-0.25, -0.2) is 0 Å². The van der Waals surface area contributed by atoms with Gasteiger partial charge in [-0.05, 0) is 0 Å². The SMILES string of the molecule is CCC[CH2][Sn]=[S].CCC[CH2][Sn]=[S].CCC[CH2][Sn]=[S].CCC[CH2][Sn]=[S].OCCS.OCCS.OCCS.OCCS.[O]=[Ti][O-].[O]=[Ti][O-].[O]=[Ti][O-].[O]=[Ti][O-]. The molecule has 0 saturated carbocycles. The molecule has 4 radical (unpaired) electrons. The third kappa shape index (κ3) is 336. The first-order chi connectivity index (χ1) is 25.0. The molecule has 0 aromatic rings. The van der Waals surface area contributed by atoms with Gasteiger partial charge in [0, 0.05) is 23.0 Å². The van der Waals surface area contributed by atoms with Gasteiger partial charge < -0.3 is 20.4 Å². The van der Waals surface area contributed by atoms with E-state index in [-0.39, 0.29) is 103 Å². The summed E-state index contributed by atoms with van der Waals surface area (Å²) in [7, 11) is 19.5. The fourth-order valence-electron chi connectivity index (χ4n) is 0.996. The van der Waals surface area contributed by atoms with E-state index in [1.807, 2.05) is 0 Å². The number of hydrogen-bond acceptors (Lipinski definition) is 20. The van der Waals surface area contributed by atoms with E-state index in [2.05, 4.69) is 78.2 Å². The normalized spacial score (nSPS) is 6.77. The van der Waals surface area contributed by atoms with E-state index in [9.17, 15) is 0 Å². The molecule has 0 fully saturated rings. The van der Waals surface area contributed by atoms with Crippen molar-refractivity contribution in [3.8, 4) is 0 Å². The summed E-state index contributed by atoms with van der Waals surface area (Å²) in [6, 6.07) is 0. The summed E-state index contributed by atoms with van der Waals surface area (Å²) >= 11 is 5.77. The Kier molecular flexibility index (Phi) is 266. The topological polar surface area (TPSA) is 241 Å². The number of unbranched alkanes of at least 4 members (excludes halogenated alkanes) is 4. The van der Waals surface area contributed by atoms with Crippen LogP contribution in [-0.4, -0.2) is 147 Å². The molecule has 52 heavy (non-hydrogen) atoms. The predicted octanol–water partition coefficient (Wildman–Crippen LogP) is 2.48. The molecule has 312 valence electrons. The zero-order valence-corrected chi connectivity index (χ0v) is 55.1. The predicted molar refractivity (Wildman–Crippen MR) is 219 cm³/mol. The van der Waals surface area contributed by atoms with Crippen LogP contribution in [0, 0.1) is 0 Å². The minimum absolute atomic E-state index is 0.184. The number of thiol groups is 4. The number of rotatable bonds is 16. The first-order valence-corrected chi connectivity index (χ1v) is 46.5. The molecule has 0 bridgehead atoms. The van der Waals surface area contributed by atoms with Crippen LogP contribution in [0.4, 0.5) is 0 Å². The maximum atomic E-state index is 8.50. The molecule has 12 nitrogen and oxygen atoms in total. The molecule has 28 heteroatoms. The molecular weight excluding hydrogens is 1400 g/mol. The summed E-state index contributed by atoms with van der Waals surface area (Å²) in [4.78, 5) is 0. The van der Waals surface area contributed by atoms with Crippen molar-refractivity contribution < 1.29 is 127 Å². The molecule has 0 aromatic carbocycles. The Balaban J connectivity index is -0.0000000339. The summed E-state index contributed by atoms with van der Waals surface area (Å²) in [5, 5.41) is 31.2. The second-order valence-electron chi connectivity index (χ2n) is 7.11. The molecule has 0 rings (SSSR count). The van der Waals surface area contributed by atoms with Crippen molar-refractivity contribution in [3.63, 3.8) is 0 Å².